The van der Waals surface area contributed by atoms with E-state index in [2.05, 4.69) is 11.1 Å². The highest BCUT2D eigenvalue weighted by molar-refractivity contribution is 5.86. The van der Waals surface area contributed by atoms with E-state index in [0.717, 1.165) is 0 Å². The number of carboxylic acid groups (broad SMARTS) is 1. The van der Waals surface area contributed by atoms with Gasteiger partial charge in [0.1, 0.15) is 5.54 Å². The molecule has 0 radical (unpaired) electrons. The molecule has 0 heterocycles. The molecule has 6 nitrogen and oxygen atoms in total. The summed E-state index contributed by atoms with van der Waals surface area (Å²) >= 11 is 0. The van der Waals surface area contributed by atoms with Crippen LogP contribution in [-0.2, 0) is 9.59 Å². The first kappa shape index (κ1) is 14.4. The van der Waals surface area contributed by atoms with Gasteiger partial charge in [-0.15, -0.1) is 0 Å². The highest BCUT2D eigenvalue weighted by Crippen LogP contribution is 2.00. The Hall–Kier alpha value is -1.14. The SMILES string of the molecule is CC(C)(NC(=O)CN)C(=O)O.CN. The largest absolute Gasteiger partial charge is 0.480 e. The maximum Gasteiger partial charge on any atom is 0.328 e. The quantitative estimate of drug-likeness (QED) is 0.433. The van der Waals surface area contributed by atoms with Gasteiger partial charge in [-0.1, -0.05) is 0 Å². The fourth-order valence-electron chi connectivity index (χ4n) is 0.453. The minimum Gasteiger partial charge on any atom is -0.480 e. The molecule has 0 atom stereocenters. The van der Waals surface area contributed by atoms with E-state index in [1.54, 1.807) is 0 Å². The van der Waals surface area contributed by atoms with Crippen LogP contribution in [0.1, 0.15) is 13.8 Å². The Morgan fingerprint density at radius 2 is 1.77 bits per heavy atom. The Morgan fingerprint density at radius 1 is 1.38 bits per heavy atom. The number of aliphatic carboxylic acids is 1. The summed E-state index contributed by atoms with van der Waals surface area (Å²) in [5.74, 6) is -1.56. The number of nitrogens with one attached hydrogen (secondary N) is 1. The molecule has 6 heteroatoms. The summed E-state index contributed by atoms with van der Waals surface area (Å²) in [6, 6.07) is 0. The Morgan fingerprint density at radius 3 is 2.00 bits per heavy atom. The average molecular weight is 191 g/mol. The topological polar surface area (TPSA) is 118 Å². The second-order valence-electron chi connectivity index (χ2n) is 2.68. The summed E-state index contributed by atoms with van der Waals surface area (Å²) in [7, 11) is 1.50. The van der Waals surface area contributed by atoms with E-state index < -0.39 is 17.4 Å². The van der Waals surface area contributed by atoms with E-state index in [0.29, 0.717) is 0 Å². The van der Waals surface area contributed by atoms with Crippen molar-refractivity contribution in [1.82, 2.24) is 5.32 Å². The van der Waals surface area contributed by atoms with Crippen LogP contribution in [0.3, 0.4) is 0 Å². The molecule has 0 aromatic rings. The molecule has 0 aliphatic rings. The molecule has 0 aromatic carbocycles. The van der Waals surface area contributed by atoms with Gasteiger partial charge in [0, 0.05) is 0 Å². The van der Waals surface area contributed by atoms with Crippen molar-refractivity contribution in [3.63, 3.8) is 0 Å². The molecule has 13 heavy (non-hydrogen) atoms. The molecule has 0 aliphatic heterocycles. The van der Waals surface area contributed by atoms with Crippen LogP contribution in [0.2, 0.25) is 0 Å². The molecule has 0 saturated carbocycles. The zero-order valence-corrected chi connectivity index (χ0v) is 8.13. The predicted molar refractivity (Wildman–Crippen MR) is 49.0 cm³/mol. The van der Waals surface area contributed by atoms with Gasteiger partial charge in [-0.2, -0.15) is 0 Å². The van der Waals surface area contributed by atoms with Crippen molar-refractivity contribution in [2.75, 3.05) is 13.6 Å². The molecule has 6 N–H and O–H groups in total. The van der Waals surface area contributed by atoms with Crippen molar-refractivity contribution in [3.05, 3.63) is 0 Å². The van der Waals surface area contributed by atoms with Crippen LogP contribution in [0.5, 0.6) is 0 Å². The van der Waals surface area contributed by atoms with E-state index in [1.807, 2.05) is 0 Å². The number of carbonyl (C=O) groups is 2. The number of rotatable bonds is 3. The molecule has 0 fully saturated rings. The number of carboxylic acids is 1. The third-order valence-corrected chi connectivity index (χ3v) is 1.17. The number of nitrogens with two attached hydrogens (primary N) is 2. The number of hydrogen-bond acceptors (Lipinski definition) is 4. The Balaban J connectivity index is 0. The second-order valence-corrected chi connectivity index (χ2v) is 2.68. The summed E-state index contributed by atoms with van der Waals surface area (Å²) < 4.78 is 0. The van der Waals surface area contributed by atoms with Gasteiger partial charge in [-0.05, 0) is 20.9 Å². The first-order chi connectivity index (χ1) is 5.90. The lowest BCUT2D eigenvalue weighted by molar-refractivity contribution is -0.145. The van der Waals surface area contributed by atoms with Crippen molar-refractivity contribution in [2.45, 2.75) is 19.4 Å². The zero-order valence-electron chi connectivity index (χ0n) is 8.13. The normalized spacial score (nSPS) is 9.62. The third kappa shape index (κ3) is 6.06. The van der Waals surface area contributed by atoms with E-state index >= 15 is 0 Å². The highest BCUT2D eigenvalue weighted by Gasteiger charge is 2.28. The smallest absolute Gasteiger partial charge is 0.328 e. The molecule has 0 aliphatic carbocycles. The van der Waals surface area contributed by atoms with Gasteiger partial charge >= 0.3 is 5.97 Å². The maximum absolute atomic E-state index is 10.6. The molecule has 0 saturated heterocycles. The molecule has 0 bridgehead atoms. The van der Waals surface area contributed by atoms with Gasteiger partial charge in [-0.25, -0.2) is 4.79 Å². The van der Waals surface area contributed by atoms with Crippen LogP contribution in [0.25, 0.3) is 0 Å². The first-order valence-electron chi connectivity index (χ1n) is 3.72. The fraction of sp³-hybridized carbons (Fsp3) is 0.714. The van der Waals surface area contributed by atoms with Crippen LogP contribution in [0, 0.1) is 0 Å². The predicted octanol–water partition coefficient (Wildman–Crippen LogP) is -1.50. The number of carbonyl (C=O) groups excluding carboxylic acids is 1. The van der Waals surface area contributed by atoms with Gasteiger partial charge in [0.15, 0.2) is 0 Å². The van der Waals surface area contributed by atoms with E-state index in [1.165, 1.54) is 20.9 Å². The molecular weight excluding hydrogens is 174 g/mol. The monoisotopic (exact) mass is 191 g/mol. The standard InChI is InChI=1S/C6H12N2O3.CH5N/c1-6(2,5(10)11)8-4(9)3-7;1-2/h3,7H2,1-2H3,(H,8,9)(H,10,11);2H2,1H3. The summed E-state index contributed by atoms with van der Waals surface area (Å²) in [4.78, 5) is 21.0. The van der Waals surface area contributed by atoms with Gasteiger partial charge in [0.2, 0.25) is 5.91 Å². The summed E-state index contributed by atoms with van der Waals surface area (Å²) in [6.07, 6.45) is 0. The van der Waals surface area contributed by atoms with Crippen LogP contribution in [0.15, 0.2) is 0 Å². The fourth-order valence-corrected chi connectivity index (χ4v) is 0.453. The van der Waals surface area contributed by atoms with E-state index in [4.69, 9.17) is 10.8 Å². The van der Waals surface area contributed by atoms with Crippen LogP contribution >= 0.6 is 0 Å². The molecule has 0 aromatic heterocycles. The minimum absolute atomic E-state index is 0.198. The van der Waals surface area contributed by atoms with Gasteiger partial charge < -0.3 is 21.9 Å². The second kappa shape index (κ2) is 6.38. The van der Waals surface area contributed by atoms with Crippen molar-refractivity contribution in [1.29, 1.82) is 0 Å². The van der Waals surface area contributed by atoms with Crippen molar-refractivity contribution < 1.29 is 14.7 Å². The zero-order chi connectivity index (χ0) is 11.1. The van der Waals surface area contributed by atoms with Crippen molar-refractivity contribution in [3.8, 4) is 0 Å². The summed E-state index contributed by atoms with van der Waals surface area (Å²) in [6.45, 7) is 2.59. The number of hydrogen-bond donors (Lipinski definition) is 4. The lowest BCUT2D eigenvalue weighted by Gasteiger charge is -2.20. The lowest BCUT2D eigenvalue weighted by Crippen LogP contribution is -2.51. The molecule has 1 amide bonds. The maximum atomic E-state index is 10.6. The van der Waals surface area contributed by atoms with Crippen LogP contribution in [-0.4, -0.2) is 36.1 Å². The third-order valence-electron chi connectivity index (χ3n) is 1.17. The molecule has 0 unspecified atom stereocenters. The average Bonchev–Trinajstić information content (AvgIpc) is 2.07. The van der Waals surface area contributed by atoms with Gasteiger partial charge in [0.05, 0.1) is 6.54 Å². The first-order valence-corrected chi connectivity index (χ1v) is 3.72. The van der Waals surface area contributed by atoms with Crippen molar-refractivity contribution in [2.24, 2.45) is 11.5 Å². The minimum atomic E-state index is -1.24. The molecule has 78 valence electrons. The van der Waals surface area contributed by atoms with E-state index in [-0.39, 0.29) is 6.54 Å². The highest BCUT2D eigenvalue weighted by atomic mass is 16.4. The molecule has 0 rings (SSSR count). The Kier molecular flexibility index (Phi) is 7.07. The molecular formula is C7H17N3O3. The molecule has 0 spiro atoms. The van der Waals surface area contributed by atoms with Crippen molar-refractivity contribution >= 4 is 11.9 Å². The number of amides is 1. The summed E-state index contributed by atoms with van der Waals surface area (Å²) in [5.41, 5.74) is 8.23. The van der Waals surface area contributed by atoms with Gasteiger partial charge in [-0.3, -0.25) is 4.79 Å². The Labute approximate surface area is 77.3 Å². The lowest BCUT2D eigenvalue weighted by atomic mass is 10.1. The van der Waals surface area contributed by atoms with Gasteiger partial charge in [0.25, 0.3) is 0 Å². The van der Waals surface area contributed by atoms with Crippen LogP contribution in [0.4, 0.5) is 0 Å². The van der Waals surface area contributed by atoms with Crippen LogP contribution < -0.4 is 16.8 Å². The Bertz CT molecular complexity index is 180. The van der Waals surface area contributed by atoms with E-state index in [9.17, 15) is 9.59 Å². The summed E-state index contributed by atoms with van der Waals surface area (Å²) in [5, 5.41) is 10.8.